The van der Waals surface area contributed by atoms with E-state index in [0.29, 0.717) is 37.5 Å². The third-order valence-electron chi connectivity index (χ3n) is 7.52. The molecule has 0 fully saturated rings. The second-order valence-corrected chi connectivity index (χ2v) is 10.5. The maximum atomic E-state index is 13.2. The van der Waals surface area contributed by atoms with Crippen molar-refractivity contribution in [3.8, 4) is 5.75 Å². The molecule has 0 spiro atoms. The molecule has 0 unspecified atom stereocenters. The lowest BCUT2D eigenvalue weighted by atomic mass is 9.98. The Kier molecular flexibility index (Phi) is 10.3. The summed E-state index contributed by atoms with van der Waals surface area (Å²) in [6.07, 6.45) is 5.32. The number of rotatable bonds is 13. The van der Waals surface area contributed by atoms with E-state index in [-0.39, 0.29) is 24.3 Å². The van der Waals surface area contributed by atoms with Gasteiger partial charge in [-0.25, -0.2) is 0 Å². The predicted molar refractivity (Wildman–Crippen MR) is 177 cm³/mol. The molecule has 5 aromatic rings. The van der Waals surface area contributed by atoms with Crippen molar-refractivity contribution in [1.82, 2.24) is 4.57 Å². The van der Waals surface area contributed by atoms with Gasteiger partial charge in [0.15, 0.2) is 0 Å². The van der Waals surface area contributed by atoms with Crippen molar-refractivity contribution in [2.45, 2.75) is 39.2 Å². The molecule has 5 rings (SSSR count). The van der Waals surface area contributed by atoms with Crippen LogP contribution in [0.1, 0.15) is 55.8 Å². The van der Waals surface area contributed by atoms with Gasteiger partial charge in [-0.3, -0.25) is 9.59 Å². The van der Waals surface area contributed by atoms with Gasteiger partial charge in [0, 0.05) is 29.6 Å². The van der Waals surface area contributed by atoms with Gasteiger partial charge in [0.1, 0.15) is 5.75 Å². The Bertz CT molecular complexity index is 1680. The zero-order chi connectivity index (χ0) is 30.7. The Morgan fingerprint density at radius 2 is 1.52 bits per heavy atom. The van der Waals surface area contributed by atoms with Crippen molar-refractivity contribution >= 4 is 34.0 Å². The second-order valence-electron chi connectivity index (χ2n) is 10.5. The van der Waals surface area contributed by atoms with Gasteiger partial charge >= 0.3 is 5.97 Å². The predicted octanol–water partition coefficient (Wildman–Crippen LogP) is 8.43. The first kappa shape index (κ1) is 30.4. The molecule has 0 atom stereocenters. The molecule has 0 aliphatic carbocycles. The van der Waals surface area contributed by atoms with E-state index >= 15 is 0 Å². The summed E-state index contributed by atoms with van der Waals surface area (Å²) in [5.74, 6) is 0.0949. The number of para-hydroxylation sites is 2. The number of amides is 1. The van der Waals surface area contributed by atoms with E-state index in [1.807, 2.05) is 30.3 Å². The largest absolute Gasteiger partial charge is 0.491 e. The molecule has 0 aliphatic heterocycles. The summed E-state index contributed by atoms with van der Waals surface area (Å²) < 4.78 is 13.2. The number of allylic oxidation sites excluding steroid dienone is 1. The maximum absolute atomic E-state index is 13.2. The number of aromatic nitrogens is 1. The first-order chi connectivity index (χ1) is 21.6. The fourth-order valence-corrected chi connectivity index (χ4v) is 5.42. The molecule has 0 bridgehead atoms. The number of benzene rings is 4. The standard InChI is InChI=1S/C38H38N2O4/c1-3-28(27-36(41)39-33-18-11-12-19-35(33)44-25-13-20-37(42)43-4-2)31-21-22-34-32(26-31)23-24-40(34)38(29-14-7-5-8-15-29)30-16-9-6-10-17-30/h5-12,14-19,21-24,26-27,38H,3-4,13,20,25H2,1-2H3,(H,39,41)/b28-27+. The van der Waals surface area contributed by atoms with Crippen molar-refractivity contribution < 1.29 is 19.1 Å². The Hall–Kier alpha value is -5.10. The number of anilines is 1. The lowest BCUT2D eigenvalue weighted by molar-refractivity contribution is -0.143. The molecular formula is C38H38N2O4. The Morgan fingerprint density at radius 3 is 2.20 bits per heavy atom. The number of fused-ring (bicyclic) bond motifs is 1. The van der Waals surface area contributed by atoms with E-state index in [4.69, 9.17) is 9.47 Å². The van der Waals surface area contributed by atoms with Crippen LogP contribution in [0.5, 0.6) is 5.75 Å². The van der Waals surface area contributed by atoms with E-state index in [2.05, 4.69) is 95.8 Å². The van der Waals surface area contributed by atoms with Crippen molar-refractivity contribution in [3.05, 3.63) is 138 Å². The minimum Gasteiger partial charge on any atom is -0.491 e. The van der Waals surface area contributed by atoms with Gasteiger partial charge in [0.05, 0.1) is 24.9 Å². The van der Waals surface area contributed by atoms with Crippen LogP contribution in [-0.4, -0.2) is 29.7 Å². The summed E-state index contributed by atoms with van der Waals surface area (Å²) in [4.78, 5) is 24.8. The second kappa shape index (κ2) is 14.9. The number of ether oxygens (including phenoxy) is 2. The highest BCUT2D eigenvalue weighted by Crippen LogP contribution is 2.33. The zero-order valence-corrected chi connectivity index (χ0v) is 25.2. The highest BCUT2D eigenvalue weighted by molar-refractivity contribution is 6.05. The van der Waals surface area contributed by atoms with E-state index in [1.54, 1.807) is 19.1 Å². The molecule has 0 saturated carbocycles. The molecule has 1 aromatic heterocycles. The Balaban J connectivity index is 1.34. The van der Waals surface area contributed by atoms with Crippen LogP contribution in [-0.2, 0) is 14.3 Å². The minimum absolute atomic E-state index is 0.0418. The van der Waals surface area contributed by atoms with Crippen LogP contribution in [0.3, 0.4) is 0 Å². The fraction of sp³-hybridized carbons (Fsp3) is 0.211. The molecule has 6 nitrogen and oxygen atoms in total. The molecule has 0 radical (unpaired) electrons. The monoisotopic (exact) mass is 586 g/mol. The number of hydrogen-bond acceptors (Lipinski definition) is 4. The van der Waals surface area contributed by atoms with Crippen molar-refractivity contribution in [2.75, 3.05) is 18.5 Å². The summed E-state index contributed by atoms with van der Waals surface area (Å²) in [6, 6.07) is 37.0. The first-order valence-corrected chi connectivity index (χ1v) is 15.2. The van der Waals surface area contributed by atoms with Crippen molar-refractivity contribution in [2.24, 2.45) is 0 Å². The summed E-state index contributed by atoms with van der Waals surface area (Å²) >= 11 is 0. The van der Waals surface area contributed by atoms with Gasteiger partial charge in [0.2, 0.25) is 5.91 Å². The molecule has 224 valence electrons. The molecule has 4 aromatic carbocycles. The third-order valence-corrected chi connectivity index (χ3v) is 7.52. The van der Waals surface area contributed by atoms with E-state index < -0.39 is 0 Å². The number of hydrogen-bond donors (Lipinski definition) is 1. The first-order valence-electron chi connectivity index (χ1n) is 15.2. The van der Waals surface area contributed by atoms with Gasteiger partial charge in [0.25, 0.3) is 0 Å². The van der Waals surface area contributed by atoms with Crippen LogP contribution in [0.15, 0.2) is 121 Å². The zero-order valence-electron chi connectivity index (χ0n) is 25.2. The van der Waals surface area contributed by atoms with Gasteiger partial charge in [-0.2, -0.15) is 0 Å². The molecule has 0 saturated heterocycles. The van der Waals surface area contributed by atoms with Crippen LogP contribution in [0.25, 0.3) is 16.5 Å². The summed E-state index contributed by atoms with van der Waals surface area (Å²) in [6.45, 7) is 4.55. The van der Waals surface area contributed by atoms with E-state index in [1.165, 1.54) is 11.1 Å². The van der Waals surface area contributed by atoms with E-state index in [0.717, 1.165) is 22.0 Å². The number of carbonyl (C=O) groups excluding carboxylic acids is 2. The van der Waals surface area contributed by atoms with Gasteiger partial charge < -0.3 is 19.4 Å². The van der Waals surface area contributed by atoms with Crippen LogP contribution >= 0.6 is 0 Å². The van der Waals surface area contributed by atoms with E-state index in [9.17, 15) is 9.59 Å². The van der Waals surface area contributed by atoms with Crippen LogP contribution in [0.4, 0.5) is 5.69 Å². The highest BCUT2D eigenvalue weighted by Gasteiger charge is 2.18. The topological polar surface area (TPSA) is 69.6 Å². The SMILES string of the molecule is CCOC(=O)CCCOc1ccccc1NC(=O)/C=C(\CC)c1ccc2c(ccn2C(c2ccccc2)c2ccccc2)c1. The maximum Gasteiger partial charge on any atom is 0.305 e. The number of nitrogens with zero attached hydrogens (tertiary/aromatic N) is 1. The van der Waals surface area contributed by atoms with Gasteiger partial charge in [-0.1, -0.05) is 85.8 Å². The molecule has 44 heavy (non-hydrogen) atoms. The molecule has 1 amide bonds. The smallest absolute Gasteiger partial charge is 0.305 e. The fourth-order valence-electron chi connectivity index (χ4n) is 5.42. The average molecular weight is 587 g/mol. The van der Waals surface area contributed by atoms with Crippen LogP contribution in [0.2, 0.25) is 0 Å². The third kappa shape index (κ3) is 7.45. The summed E-state index contributed by atoms with van der Waals surface area (Å²) in [5, 5.41) is 4.08. The summed E-state index contributed by atoms with van der Waals surface area (Å²) in [7, 11) is 0. The van der Waals surface area contributed by atoms with Crippen LogP contribution in [0, 0.1) is 0 Å². The lowest BCUT2D eigenvalue weighted by Crippen LogP contribution is -2.11. The average Bonchev–Trinajstić information content (AvgIpc) is 3.47. The number of carbonyl (C=O) groups is 2. The summed E-state index contributed by atoms with van der Waals surface area (Å²) in [5.41, 5.74) is 6.09. The highest BCUT2D eigenvalue weighted by atomic mass is 16.5. The quantitative estimate of drug-likeness (QED) is 0.0854. The molecule has 1 heterocycles. The molecular weight excluding hydrogens is 548 g/mol. The number of nitrogens with one attached hydrogen (secondary N) is 1. The minimum atomic E-state index is -0.239. The number of esters is 1. The Labute approximate surface area is 258 Å². The normalized spacial score (nSPS) is 11.5. The molecule has 1 N–H and O–H groups in total. The van der Waals surface area contributed by atoms with Crippen molar-refractivity contribution in [1.29, 1.82) is 0 Å². The van der Waals surface area contributed by atoms with Gasteiger partial charge in [-0.15, -0.1) is 0 Å². The lowest BCUT2D eigenvalue weighted by Gasteiger charge is -2.21. The van der Waals surface area contributed by atoms with Gasteiger partial charge in [-0.05, 0) is 72.4 Å². The van der Waals surface area contributed by atoms with Crippen LogP contribution < -0.4 is 10.1 Å². The molecule has 0 aliphatic rings. The Morgan fingerprint density at radius 1 is 0.841 bits per heavy atom. The van der Waals surface area contributed by atoms with Crippen molar-refractivity contribution in [3.63, 3.8) is 0 Å². The molecule has 6 heteroatoms.